The van der Waals surface area contributed by atoms with Gasteiger partial charge in [0.15, 0.2) is 0 Å². The number of benzene rings is 2. The summed E-state index contributed by atoms with van der Waals surface area (Å²) in [5, 5.41) is 5.32. The smallest absolute Gasteiger partial charge is 0.238 e. The maximum Gasteiger partial charge on any atom is 0.238 e. The van der Waals surface area contributed by atoms with Crippen molar-refractivity contribution in [2.45, 2.75) is 88.1 Å². The minimum atomic E-state index is -3.75. The molecular weight excluding hydrogens is 444 g/mol. The number of piperidine rings is 1. The number of primary sulfonamides is 1. The van der Waals surface area contributed by atoms with Gasteiger partial charge in [0.05, 0.1) is 22.0 Å². The van der Waals surface area contributed by atoms with Crippen molar-refractivity contribution in [3.63, 3.8) is 0 Å². The third-order valence-electron chi connectivity index (χ3n) is 8.03. The lowest BCUT2D eigenvalue weighted by Gasteiger charge is -2.42. The third-order valence-corrected chi connectivity index (χ3v) is 8.94. The lowest BCUT2D eigenvalue weighted by Crippen LogP contribution is -2.35. The molecule has 1 atom stereocenters. The highest BCUT2D eigenvalue weighted by Crippen LogP contribution is 2.46. The Bertz CT molecular complexity index is 1340. The van der Waals surface area contributed by atoms with Crippen molar-refractivity contribution in [2.75, 3.05) is 6.54 Å². The summed E-state index contributed by atoms with van der Waals surface area (Å²) < 4.78 is 23.5. The number of sulfonamides is 1. The SMILES string of the molecule is CC1(C)CCC(C)(C)c2cc(CN3CCCCC3c3nc4ccc(S(N)(=O)=O)cc4[nH]3)ccc21. The van der Waals surface area contributed by atoms with Crippen molar-refractivity contribution < 1.29 is 8.42 Å². The molecular formula is C27H36N4O2S. The van der Waals surface area contributed by atoms with Crippen LogP contribution in [0.5, 0.6) is 0 Å². The summed E-state index contributed by atoms with van der Waals surface area (Å²) in [7, 11) is -3.75. The molecule has 182 valence electrons. The van der Waals surface area contributed by atoms with Gasteiger partial charge in [-0.2, -0.15) is 0 Å². The number of nitrogens with zero attached hydrogens (tertiary/aromatic N) is 2. The predicted octanol–water partition coefficient (Wildman–Crippen LogP) is 5.29. The van der Waals surface area contributed by atoms with Gasteiger partial charge in [0, 0.05) is 6.54 Å². The van der Waals surface area contributed by atoms with Gasteiger partial charge in [0.1, 0.15) is 5.82 Å². The summed E-state index contributed by atoms with van der Waals surface area (Å²) in [6.07, 6.45) is 5.80. The van der Waals surface area contributed by atoms with Crippen LogP contribution in [0.25, 0.3) is 11.0 Å². The van der Waals surface area contributed by atoms with Gasteiger partial charge in [-0.05, 0) is 77.9 Å². The monoisotopic (exact) mass is 480 g/mol. The van der Waals surface area contributed by atoms with Crippen molar-refractivity contribution >= 4 is 21.1 Å². The molecule has 1 aromatic heterocycles. The Morgan fingerprint density at radius 1 is 1.03 bits per heavy atom. The Balaban J connectivity index is 1.45. The Morgan fingerprint density at radius 3 is 2.50 bits per heavy atom. The molecule has 5 rings (SSSR count). The van der Waals surface area contributed by atoms with Gasteiger partial charge in [-0.25, -0.2) is 18.5 Å². The normalized spacial score (nSPS) is 22.6. The molecule has 6 nitrogen and oxygen atoms in total. The van der Waals surface area contributed by atoms with Crippen LogP contribution in [0.15, 0.2) is 41.3 Å². The maximum atomic E-state index is 11.8. The van der Waals surface area contributed by atoms with Crippen LogP contribution in [0.2, 0.25) is 0 Å². The number of aromatic amines is 1. The van der Waals surface area contributed by atoms with E-state index in [9.17, 15) is 8.42 Å². The van der Waals surface area contributed by atoms with Crippen LogP contribution in [-0.2, 0) is 27.4 Å². The van der Waals surface area contributed by atoms with Gasteiger partial charge in [0.25, 0.3) is 0 Å². The quantitative estimate of drug-likeness (QED) is 0.531. The first kappa shape index (κ1) is 23.5. The van der Waals surface area contributed by atoms with Crippen molar-refractivity contribution in [3.8, 4) is 0 Å². The van der Waals surface area contributed by atoms with Crippen LogP contribution in [-0.4, -0.2) is 29.8 Å². The number of hydrogen-bond acceptors (Lipinski definition) is 4. The number of hydrogen-bond donors (Lipinski definition) is 2. The Kier molecular flexibility index (Phi) is 5.66. The minimum absolute atomic E-state index is 0.107. The number of fused-ring (bicyclic) bond motifs is 2. The summed E-state index contributed by atoms with van der Waals surface area (Å²) in [5.41, 5.74) is 6.24. The molecule has 0 radical (unpaired) electrons. The molecule has 1 aliphatic carbocycles. The molecule has 3 aromatic rings. The van der Waals surface area contributed by atoms with Crippen LogP contribution in [0.1, 0.15) is 88.4 Å². The van der Waals surface area contributed by atoms with E-state index in [1.54, 1.807) is 12.1 Å². The number of nitrogens with one attached hydrogen (secondary N) is 1. The van der Waals surface area contributed by atoms with Crippen LogP contribution >= 0.6 is 0 Å². The molecule has 0 bridgehead atoms. The number of aromatic nitrogens is 2. The molecule has 2 aromatic carbocycles. The number of H-pyrrole nitrogens is 1. The second kappa shape index (κ2) is 8.18. The highest BCUT2D eigenvalue weighted by Gasteiger charge is 2.37. The lowest BCUT2D eigenvalue weighted by molar-refractivity contribution is 0.134. The molecule has 7 heteroatoms. The van der Waals surface area contributed by atoms with E-state index < -0.39 is 10.0 Å². The molecule has 2 heterocycles. The van der Waals surface area contributed by atoms with E-state index in [1.165, 1.54) is 42.0 Å². The number of likely N-dealkylation sites (tertiary alicyclic amines) is 1. The molecule has 2 aliphatic rings. The first-order valence-corrected chi connectivity index (χ1v) is 13.9. The summed E-state index contributed by atoms with van der Waals surface area (Å²) in [4.78, 5) is 10.9. The fourth-order valence-electron chi connectivity index (χ4n) is 5.80. The average Bonchev–Trinajstić information content (AvgIpc) is 3.20. The van der Waals surface area contributed by atoms with E-state index in [-0.39, 0.29) is 21.8 Å². The summed E-state index contributed by atoms with van der Waals surface area (Å²) in [6, 6.07) is 12.1. The molecule has 0 spiro atoms. The first-order valence-electron chi connectivity index (χ1n) is 12.3. The maximum absolute atomic E-state index is 11.8. The van der Waals surface area contributed by atoms with Gasteiger partial charge in [-0.3, -0.25) is 4.90 Å². The highest BCUT2D eigenvalue weighted by atomic mass is 32.2. The standard InChI is InChI=1S/C27H36N4O2S/c1-26(2)12-13-27(3,4)21-15-18(8-10-20(21)26)17-31-14-6-5-7-24(31)25-29-22-11-9-19(34(28,32)33)16-23(22)30-25/h8-11,15-16,24H,5-7,12-14,17H2,1-4H3,(H,29,30)(H2,28,32,33). The lowest BCUT2D eigenvalue weighted by atomic mass is 9.63. The Hall–Kier alpha value is -2.22. The summed E-state index contributed by atoms with van der Waals surface area (Å²) in [5.74, 6) is 0.903. The average molecular weight is 481 g/mol. The number of imidazole rings is 1. The molecule has 1 aliphatic heterocycles. The molecule has 34 heavy (non-hydrogen) atoms. The highest BCUT2D eigenvalue weighted by molar-refractivity contribution is 7.89. The molecule has 1 unspecified atom stereocenters. The first-order chi connectivity index (χ1) is 15.9. The van der Waals surface area contributed by atoms with Crippen LogP contribution in [0, 0.1) is 0 Å². The Labute approximate surface area is 203 Å². The molecule has 3 N–H and O–H groups in total. The van der Waals surface area contributed by atoms with Gasteiger partial charge in [-0.15, -0.1) is 0 Å². The summed E-state index contributed by atoms with van der Waals surface area (Å²) >= 11 is 0. The van der Waals surface area contributed by atoms with Gasteiger partial charge in [-0.1, -0.05) is 52.3 Å². The van der Waals surface area contributed by atoms with Crippen LogP contribution < -0.4 is 5.14 Å². The van der Waals surface area contributed by atoms with Crippen LogP contribution in [0.4, 0.5) is 0 Å². The Morgan fingerprint density at radius 2 is 1.76 bits per heavy atom. The fourth-order valence-corrected chi connectivity index (χ4v) is 6.34. The van der Waals surface area contributed by atoms with Crippen molar-refractivity contribution in [3.05, 3.63) is 58.9 Å². The number of rotatable bonds is 4. The molecule has 1 fully saturated rings. The minimum Gasteiger partial charge on any atom is -0.341 e. The second-order valence-corrected chi connectivity index (χ2v) is 13.0. The topological polar surface area (TPSA) is 92.1 Å². The van der Waals surface area contributed by atoms with Gasteiger partial charge in [0.2, 0.25) is 10.0 Å². The van der Waals surface area contributed by atoms with Crippen molar-refractivity contribution in [2.24, 2.45) is 5.14 Å². The molecule has 0 saturated carbocycles. The van der Waals surface area contributed by atoms with Crippen molar-refractivity contribution in [1.82, 2.24) is 14.9 Å². The van der Waals surface area contributed by atoms with E-state index in [2.05, 4.69) is 55.8 Å². The van der Waals surface area contributed by atoms with E-state index in [1.807, 2.05) is 0 Å². The van der Waals surface area contributed by atoms with Crippen LogP contribution in [0.3, 0.4) is 0 Å². The molecule has 0 amide bonds. The van der Waals surface area contributed by atoms with Crippen molar-refractivity contribution in [1.29, 1.82) is 0 Å². The summed E-state index contributed by atoms with van der Waals surface area (Å²) in [6.45, 7) is 11.4. The predicted molar refractivity (Wildman–Crippen MR) is 136 cm³/mol. The number of nitrogens with two attached hydrogens (primary N) is 1. The largest absolute Gasteiger partial charge is 0.341 e. The van der Waals surface area contributed by atoms with E-state index in [0.717, 1.165) is 37.3 Å². The van der Waals surface area contributed by atoms with Gasteiger partial charge >= 0.3 is 0 Å². The third kappa shape index (κ3) is 4.30. The zero-order valence-electron chi connectivity index (χ0n) is 20.7. The fraction of sp³-hybridized carbons (Fsp3) is 0.519. The van der Waals surface area contributed by atoms with E-state index >= 15 is 0 Å². The van der Waals surface area contributed by atoms with E-state index in [4.69, 9.17) is 10.1 Å². The zero-order valence-corrected chi connectivity index (χ0v) is 21.5. The van der Waals surface area contributed by atoms with Gasteiger partial charge < -0.3 is 4.98 Å². The zero-order chi connectivity index (χ0) is 24.3. The van der Waals surface area contributed by atoms with E-state index in [0.29, 0.717) is 5.52 Å². The molecule has 1 saturated heterocycles. The second-order valence-electron chi connectivity index (χ2n) is 11.5.